The van der Waals surface area contributed by atoms with Crippen LogP contribution < -0.4 is 4.74 Å². The number of nitrogens with zero attached hydrogens (tertiary/aromatic N) is 4. The Labute approximate surface area is 202 Å². The Morgan fingerprint density at radius 2 is 1.91 bits per heavy atom. The number of aromatic nitrogens is 5. The lowest BCUT2D eigenvalue weighted by molar-refractivity contribution is 0.0900. The van der Waals surface area contributed by atoms with Crippen molar-refractivity contribution in [2.24, 2.45) is 5.92 Å². The molecule has 0 fully saturated rings. The Bertz CT molecular complexity index is 1510. The number of aryl methyl sites for hydroxylation is 1. The Morgan fingerprint density at radius 1 is 0.971 bits per heavy atom. The molecular formula is C28H23N5O2. The Hall–Kier alpha value is -4.39. The van der Waals surface area contributed by atoms with Crippen molar-refractivity contribution in [2.45, 2.75) is 25.9 Å². The van der Waals surface area contributed by atoms with E-state index in [0.29, 0.717) is 24.6 Å². The standard InChI is InChI=1S/C28H23N5O2/c34-27-21(14-18-4-3-6-22(15-18)28-30-32-33-31-28)9-8-19-11-13-24(16-25(19)27)35-17-23-12-10-20-5-1-2-7-26(20)29-23/h1-7,10-13,15-16,21H,8-9,14,17H2,(H,30,31,32,33). The van der Waals surface area contributed by atoms with Gasteiger partial charge in [-0.15, -0.1) is 10.2 Å². The van der Waals surface area contributed by atoms with Gasteiger partial charge in [-0.05, 0) is 65.9 Å². The number of pyridine rings is 1. The molecule has 0 bridgehead atoms. The molecule has 172 valence electrons. The number of hydrogen-bond acceptors (Lipinski definition) is 6. The lowest BCUT2D eigenvalue weighted by atomic mass is 9.79. The van der Waals surface area contributed by atoms with Crippen LogP contribution in [0.3, 0.4) is 0 Å². The highest BCUT2D eigenvalue weighted by molar-refractivity contribution is 6.00. The van der Waals surface area contributed by atoms with Gasteiger partial charge >= 0.3 is 0 Å². The van der Waals surface area contributed by atoms with Gasteiger partial charge in [-0.1, -0.05) is 48.5 Å². The minimum Gasteiger partial charge on any atom is -0.487 e. The number of rotatable bonds is 6. The summed E-state index contributed by atoms with van der Waals surface area (Å²) in [7, 11) is 0. The number of benzene rings is 3. The van der Waals surface area contributed by atoms with Crippen molar-refractivity contribution in [1.82, 2.24) is 25.6 Å². The zero-order chi connectivity index (χ0) is 23.6. The van der Waals surface area contributed by atoms with Gasteiger partial charge in [-0.3, -0.25) is 4.79 Å². The lowest BCUT2D eigenvalue weighted by Crippen LogP contribution is -2.24. The molecule has 6 rings (SSSR count). The van der Waals surface area contributed by atoms with Crippen molar-refractivity contribution in [3.63, 3.8) is 0 Å². The topological polar surface area (TPSA) is 93.6 Å². The van der Waals surface area contributed by atoms with E-state index in [4.69, 9.17) is 4.74 Å². The van der Waals surface area contributed by atoms with Crippen LogP contribution in [0, 0.1) is 5.92 Å². The first kappa shape index (κ1) is 21.2. The van der Waals surface area contributed by atoms with Crippen LogP contribution in [0.25, 0.3) is 22.3 Å². The Morgan fingerprint density at radius 3 is 2.83 bits per heavy atom. The average molecular weight is 462 g/mol. The summed E-state index contributed by atoms with van der Waals surface area (Å²) >= 11 is 0. The Balaban J connectivity index is 1.17. The summed E-state index contributed by atoms with van der Waals surface area (Å²) in [6.45, 7) is 0.351. The zero-order valence-corrected chi connectivity index (χ0v) is 19.0. The number of aromatic amines is 1. The molecule has 2 aromatic heterocycles. The normalized spacial score (nSPS) is 15.2. The summed E-state index contributed by atoms with van der Waals surface area (Å²) in [5.74, 6) is 1.34. The van der Waals surface area contributed by atoms with E-state index in [9.17, 15) is 4.79 Å². The molecule has 35 heavy (non-hydrogen) atoms. The number of fused-ring (bicyclic) bond motifs is 2. The van der Waals surface area contributed by atoms with Crippen molar-refractivity contribution >= 4 is 16.7 Å². The summed E-state index contributed by atoms with van der Waals surface area (Å²) in [5.41, 5.74) is 5.62. The van der Waals surface area contributed by atoms with E-state index in [1.54, 1.807) is 0 Å². The lowest BCUT2D eigenvalue weighted by Gasteiger charge is -2.24. The number of ether oxygens (including phenoxy) is 1. The van der Waals surface area contributed by atoms with E-state index < -0.39 is 0 Å². The van der Waals surface area contributed by atoms with Gasteiger partial charge in [0.25, 0.3) is 0 Å². The van der Waals surface area contributed by atoms with Gasteiger partial charge in [0.1, 0.15) is 12.4 Å². The molecule has 1 N–H and O–H groups in total. The Kier molecular flexibility index (Phi) is 5.50. The highest BCUT2D eigenvalue weighted by Gasteiger charge is 2.28. The number of nitrogens with one attached hydrogen (secondary N) is 1. The molecule has 3 aromatic carbocycles. The van der Waals surface area contributed by atoms with Crippen LogP contribution in [-0.4, -0.2) is 31.4 Å². The summed E-state index contributed by atoms with van der Waals surface area (Å²) in [5, 5.41) is 15.3. The van der Waals surface area contributed by atoms with E-state index in [-0.39, 0.29) is 11.7 Å². The molecular weight excluding hydrogens is 438 g/mol. The molecule has 5 aromatic rings. The maximum atomic E-state index is 13.4. The maximum absolute atomic E-state index is 13.4. The molecule has 0 saturated heterocycles. The van der Waals surface area contributed by atoms with Crippen LogP contribution >= 0.6 is 0 Å². The largest absolute Gasteiger partial charge is 0.487 e. The van der Waals surface area contributed by atoms with E-state index >= 15 is 0 Å². The highest BCUT2D eigenvalue weighted by atomic mass is 16.5. The van der Waals surface area contributed by atoms with Crippen LogP contribution in [-0.2, 0) is 19.4 Å². The number of carbonyl (C=O) groups excluding carboxylic acids is 1. The third-order valence-corrected chi connectivity index (χ3v) is 6.54. The predicted octanol–water partition coefficient (Wildman–Crippen LogP) is 4.98. The average Bonchev–Trinajstić information content (AvgIpc) is 3.45. The number of tetrazole rings is 1. The highest BCUT2D eigenvalue weighted by Crippen LogP contribution is 2.31. The predicted molar refractivity (Wildman–Crippen MR) is 132 cm³/mol. The summed E-state index contributed by atoms with van der Waals surface area (Å²) in [6.07, 6.45) is 2.39. The fraction of sp³-hybridized carbons (Fsp3) is 0.179. The number of para-hydroxylation sites is 1. The fourth-order valence-electron chi connectivity index (χ4n) is 4.72. The van der Waals surface area contributed by atoms with E-state index in [2.05, 4.69) is 31.7 Å². The first-order valence-corrected chi connectivity index (χ1v) is 11.7. The smallest absolute Gasteiger partial charge is 0.204 e. The van der Waals surface area contributed by atoms with Crippen molar-refractivity contribution < 1.29 is 9.53 Å². The first-order chi connectivity index (χ1) is 17.2. The van der Waals surface area contributed by atoms with Crippen molar-refractivity contribution in [3.05, 3.63) is 101 Å². The number of ketones is 1. The number of Topliss-reactive ketones (excluding diaryl/α,β-unsaturated/α-hetero) is 1. The van der Waals surface area contributed by atoms with Gasteiger partial charge in [-0.25, -0.2) is 4.98 Å². The van der Waals surface area contributed by atoms with Crippen LogP contribution in [0.5, 0.6) is 5.75 Å². The van der Waals surface area contributed by atoms with Gasteiger partial charge in [0.2, 0.25) is 5.82 Å². The van der Waals surface area contributed by atoms with Crippen LogP contribution in [0.4, 0.5) is 0 Å². The number of hydrogen-bond donors (Lipinski definition) is 1. The minimum absolute atomic E-state index is 0.0691. The zero-order valence-electron chi connectivity index (χ0n) is 19.0. The fourth-order valence-corrected chi connectivity index (χ4v) is 4.72. The maximum Gasteiger partial charge on any atom is 0.204 e. The second-order valence-corrected chi connectivity index (χ2v) is 8.84. The number of H-pyrrole nitrogens is 1. The molecule has 0 amide bonds. The van der Waals surface area contributed by atoms with Gasteiger partial charge in [0.05, 0.1) is 11.2 Å². The molecule has 0 radical (unpaired) electrons. The molecule has 0 saturated carbocycles. The molecule has 7 nitrogen and oxygen atoms in total. The third-order valence-electron chi connectivity index (χ3n) is 6.54. The van der Waals surface area contributed by atoms with Gasteiger partial charge in [0.15, 0.2) is 5.78 Å². The molecule has 1 aliphatic rings. The van der Waals surface area contributed by atoms with Crippen molar-refractivity contribution in [3.8, 4) is 17.1 Å². The first-order valence-electron chi connectivity index (χ1n) is 11.7. The molecule has 7 heteroatoms. The van der Waals surface area contributed by atoms with E-state index in [1.165, 1.54) is 0 Å². The van der Waals surface area contributed by atoms with E-state index in [0.717, 1.165) is 51.7 Å². The second kappa shape index (κ2) is 9.10. The quantitative estimate of drug-likeness (QED) is 0.383. The summed E-state index contributed by atoms with van der Waals surface area (Å²) in [4.78, 5) is 18.1. The number of carbonyl (C=O) groups is 1. The van der Waals surface area contributed by atoms with Crippen molar-refractivity contribution in [1.29, 1.82) is 0 Å². The van der Waals surface area contributed by atoms with Crippen LogP contribution in [0.1, 0.15) is 33.6 Å². The molecule has 2 heterocycles. The summed E-state index contributed by atoms with van der Waals surface area (Å²) < 4.78 is 6.03. The van der Waals surface area contributed by atoms with Crippen LogP contribution in [0.15, 0.2) is 78.9 Å². The third kappa shape index (κ3) is 4.40. The molecule has 0 aliphatic heterocycles. The van der Waals surface area contributed by atoms with Gasteiger partial charge in [0, 0.05) is 22.4 Å². The minimum atomic E-state index is -0.0691. The van der Waals surface area contributed by atoms with Gasteiger partial charge < -0.3 is 4.74 Å². The van der Waals surface area contributed by atoms with E-state index in [1.807, 2.05) is 72.8 Å². The van der Waals surface area contributed by atoms with Crippen molar-refractivity contribution in [2.75, 3.05) is 0 Å². The second-order valence-electron chi connectivity index (χ2n) is 8.84. The summed E-state index contributed by atoms with van der Waals surface area (Å²) in [6, 6.07) is 25.9. The molecule has 1 atom stereocenters. The molecule has 1 unspecified atom stereocenters. The SMILES string of the molecule is O=C1c2cc(OCc3ccc4ccccc4n3)ccc2CCC1Cc1cccc(-c2nn[nH]n2)c1. The monoisotopic (exact) mass is 461 g/mol. The van der Waals surface area contributed by atoms with Crippen LogP contribution in [0.2, 0.25) is 0 Å². The molecule has 1 aliphatic carbocycles. The van der Waals surface area contributed by atoms with Gasteiger partial charge in [-0.2, -0.15) is 5.21 Å². The molecule has 0 spiro atoms.